The van der Waals surface area contributed by atoms with Crippen molar-refractivity contribution < 1.29 is 18.0 Å². The molecule has 0 radical (unpaired) electrons. The van der Waals surface area contributed by atoms with Crippen molar-refractivity contribution in [1.82, 2.24) is 10.2 Å². The maximum atomic E-state index is 13.9. The van der Waals surface area contributed by atoms with Gasteiger partial charge >= 0.3 is 0 Å². The molecule has 7 nitrogen and oxygen atoms in total. The lowest BCUT2D eigenvalue weighted by Crippen LogP contribution is -2.51. The Morgan fingerprint density at radius 1 is 0.947 bits per heavy atom. The monoisotopic (exact) mass is 595 g/mol. The number of sulfonamides is 1. The van der Waals surface area contributed by atoms with Crippen molar-refractivity contribution in [2.24, 2.45) is 0 Å². The molecule has 1 unspecified atom stereocenters. The quantitative estimate of drug-likeness (QED) is 0.325. The molecule has 0 aliphatic carbocycles. The third-order valence-corrected chi connectivity index (χ3v) is 8.63. The molecule has 0 saturated heterocycles. The second-order valence-electron chi connectivity index (χ2n) is 8.60. The number of likely N-dealkylation sites (N-methyl/N-ethyl adjacent to an activating group) is 1. The van der Waals surface area contributed by atoms with Crippen LogP contribution in [0.25, 0.3) is 0 Å². The molecule has 0 heterocycles. The van der Waals surface area contributed by atoms with Gasteiger partial charge in [0.2, 0.25) is 11.8 Å². The number of nitrogens with zero attached hydrogens (tertiary/aromatic N) is 2. The molecular weight excluding hydrogens is 569 g/mol. The van der Waals surface area contributed by atoms with E-state index in [-0.39, 0.29) is 11.4 Å². The van der Waals surface area contributed by atoms with E-state index in [1.54, 1.807) is 50.2 Å². The lowest BCUT2D eigenvalue weighted by Gasteiger charge is -2.32. The van der Waals surface area contributed by atoms with Gasteiger partial charge in [0, 0.05) is 33.7 Å². The highest BCUT2D eigenvalue weighted by Gasteiger charge is 2.33. The fourth-order valence-corrected chi connectivity index (χ4v) is 5.85. The van der Waals surface area contributed by atoms with Gasteiger partial charge in [-0.1, -0.05) is 53.0 Å². The second-order valence-corrected chi connectivity index (χ2v) is 11.7. The summed E-state index contributed by atoms with van der Waals surface area (Å²) in [6.07, 6.45) is 0. The Labute approximate surface area is 238 Å². The van der Waals surface area contributed by atoms with Crippen LogP contribution in [-0.4, -0.2) is 44.3 Å². The summed E-state index contributed by atoms with van der Waals surface area (Å²) in [6, 6.07) is 16.5. The molecule has 0 fully saturated rings. The third kappa shape index (κ3) is 6.99. The molecule has 0 aliphatic heterocycles. The predicted octanol–water partition coefficient (Wildman–Crippen LogP) is 5.70. The Bertz CT molecular complexity index is 1400. The van der Waals surface area contributed by atoms with Crippen molar-refractivity contribution in [3.05, 3.63) is 92.9 Å². The van der Waals surface area contributed by atoms with Gasteiger partial charge in [-0.05, 0) is 74.9 Å². The Morgan fingerprint density at radius 2 is 1.55 bits per heavy atom. The summed E-state index contributed by atoms with van der Waals surface area (Å²) in [5.41, 5.74) is 1.55. The number of benzene rings is 3. The first-order valence-corrected chi connectivity index (χ1v) is 14.4. The predicted molar refractivity (Wildman–Crippen MR) is 152 cm³/mol. The van der Waals surface area contributed by atoms with Crippen LogP contribution in [-0.2, 0) is 26.2 Å². The molecule has 3 rings (SSSR count). The average molecular weight is 597 g/mol. The number of nitrogens with one attached hydrogen (secondary N) is 1. The molecule has 38 heavy (non-hydrogen) atoms. The Morgan fingerprint density at radius 3 is 2.13 bits per heavy atom. The number of hydrogen-bond donors (Lipinski definition) is 1. The van der Waals surface area contributed by atoms with Gasteiger partial charge in [-0.15, -0.1) is 0 Å². The number of hydrogen-bond acceptors (Lipinski definition) is 4. The summed E-state index contributed by atoms with van der Waals surface area (Å²) < 4.78 is 28.6. The van der Waals surface area contributed by atoms with Crippen LogP contribution in [0, 0.1) is 6.92 Å². The van der Waals surface area contributed by atoms with E-state index in [1.165, 1.54) is 29.2 Å². The normalized spacial score (nSPS) is 12.1. The van der Waals surface area contributed by atoms with Crippen LogP contribution in [0.3, 0.4) is 0 Å². The maximum absolute atomic E-state index is 13.9. The van der Waals surface area contributed by atoms with Crippen LogP contribution in [0.2, 0.25) is 15.1 Å². The fraction of sp³-hybridized carbons (Fsp3) is 0.259. The molecule has 0 spiro atoms. The number of amides is 2. The molecule has 11 heteroatoms. The van der Waals surface area contributed by atoms with Crippen LogP contribution >= 0.6 is 34.8 Å². The largest absolute Gasteiger partial charge is 0.355 e. The van der Waals surface area contributed by atoms with Crippen molar-refractivity contribution in [3.8, 4) is 0 Å². The minimum atomic E-state index is -4.19. The van der Waals surface area contributed by atoms with Gasteiger partial charge in [0.05, 0.1) is 10.6 Å². The zero-order valence-corrected chi connectivity index (χ0v) is 24.2. The van der Waals surface area contributed by atoms with Crippen LogP contribution in [0.1, 0.15) is 25.0 Å². The number of rotatable bonds is 10. The van der Waals surface area contributed by atoms with E-state index >= 15 is 0 Å². The highest BCUT2D eigenvalue weighted by molar-refractivity contribution is 7.92. The number of carbonyl (C=O) groups is 2. The Balaban J connectivity index is 2.07. The molecule has 2 amide bonds. The van der Waals surface area contributed by atoms with Crippen molar-refractivity contribution >= 4 is 62.3 Å². The van der Waals surface area contributed by atoms with Crippen molar-refractivity contribution in [1.29, 1.82) is 0 Å². The number of halogens is 3. The van der Waals surface area contributed by atoms with Crippen LogP contribution in [0.15, 0.2) is 71.6 Å². The molecule has 0 aromatic heterocycles. The number of anilines is 1. The molecule has 202 valence electrons. The van der Waals surface area contributed by atoms with Gasteiger partial charge in [0.1, 0.15) is 12.6 Å². The first-order chi connectivity index (χ1) is 17.9. The lowest BCUT2D eigenvalue weighted by molar-refractivity contribution is -0.139. The molecule has 1 N–H and O–H groups in total. The molecule has 0 bridgehead atoms. The topological polar surface area (TPSA) is 86.8 Å². The van der Waals surface area contributed by atoms with Gasteiger partial charge in [-0.3, -0.25) is 13.9 Å². The zero-order chi connectivity index (χ0) is 28.0. The van der Waals surface area contributed by atoms with Gasteiger partial charge in [0.15, 0.2) is 0 Å². The van der Waals surface area contributed by atoms with E-state index < -0.39 is 34.4 Å². The molecule has 0 saturated carbocycles. The summed E-state index contributed by atoms with van der Waals surface area (Å²) in [5.74, 6) is -1.01. The van der Waals surface area contributed by atoms with Gasteiger partial charge < -0.3 is 10.2 Å². The average Bonchev–Trinajstić information content (AvgIpc) is 2.87. The minimum Gasteiger partial charge on any atom is -0.355 e. The summed E-state index contributed by atoms with van der Waals surface area (Å²) in [7, 11) is -4.19. The minimum absolute atomic E-state index is 0.0336. The van der Waals surface area contributed by atoms with Crippen LogP contribution in [0.5, 0.6) is 0 Å². The van der Waals surface area contributed by atoms with E-state index in [0.29, 0.717) is 32.9 Å². The highest BCUT2D eigenvalue weighted by atomic mass is 35.5. The van der Waals surface area contributed by atoms with E-state index in [4.69, 9.17) is 34.8 Å². The van der Waals surface area contributed by atoms with Gasteiger partial charge in [-0.25, -0.2) is 8.42 Å². The SMILES string of the molecule is CCNC(=O)C(C)N(Cc1c(Cl)cccc1Cl)C(=O)CN(c1cccc(C)c1)S(=O)(=O)c1ccc(Cl)cc1. The molecule has 3 aromatic rings. The first-order valence-electron chi connectivity index (χ1n) is 11.8. The molecule has 1 atom stereocenters. The fourth-order valence-electron chi connectivity index (χ4n) is 3.80. The first kappa shape index (κ1) is 29.8. The Hall–Kier alpha value is -2.78. The molecular formula is C27H28Cl3N3O4S. The summed E-state index contributed by atoms with van der Waals surface area (Å²) >= 11 is 18.7. The van der Waals surface area contributed by atoms with Gasteiger partial charge in [0.25, 0.3) is 10.0 Å². The van der Waals surface area contributed by atoms with E-state index in [2.05, 4.69) is 5.32 Å². The highest BCUT2D eigenvalue weighted by Crippen LogP contribution is 2.29. The Kier molecular flexibility index (Phi) is 10.1. The number of carbonyl (C=O) groups excluding carboxylic acids is 2. The standard InChI is InChI=1S/C27H28Cl3N3O4S/c1-4-31-27(35)19(3)32(16-23-24(29)9-6-10-25(23)30)26(34)17-33(21-8-5-7-18(2)15-21)38(36,37)22-13-11-20(28)12-14-22/h5-15,19H,4,16-17H2,1-3H3,(H,31,35). The third-order valence-electron chi connectivity index (χ3n) is 5.88. The van der Waals surface area contributed by atoms with E-state index in [9.17, 15) is 18.0 Å². The van der Waals surface area contributed by atoms with E-state index in [0.717, 1.165) is 9.87 Å². The summed E-state index contributed by atoms with van der Waals surface area (Å²) in [5, 5.41) is 3.73. The van der Waals surface area contributed by atoms with Crippen LogP contribution in [0.4, 0.5) is 5.69 Å². The summed E-state index contributed by atoms with van der Waals surface area (Å²) in [4.78, 5) is 27.9. The van der Waals surface area contributed by atoms with Crippen molar-refractivity contribution in [3.63, 3.8) is 0 Å². The van der Waals surface area contributed by atoms with Gasteiger partial charge in [-0.2, -0.15) is 0 Å². The lowest BCUT2D eigenvalue weighted by atomic mass is 10.1. The van der Waals surface area contributed by atoms with Crippen LogP contribution < -0.4 is 9.62 Å². The smallest absolute Gasteiger partial charge is 0.264 e. The van der Waals surface area contributed by atoms with E-state index in [1.807, 2.05) is 13.0 Å². The second kappa shape index (κ2) is 12.8. The molecule has 0 aliphatic rings. The molecule has 3 aromatic carbocycles. The maximum Gasteiger partial charge on any atom is 0.264 e. The number of aryl methyl sites for hydroxylation is 1. The summed E-state index contributed by atoms with van der Waals surface area (Å²) in [6.45, 7) is 4.84. The zero-order valence-electron chi connectivity index (χ0n) is 21.1. The van der Waals surface area contributed by atoms with Crippen molar-refractivity contribution in [2.45, 2.75) is 38.3 Å². The van der Waals surface area contributed by atoms with Crippen molar-refractivity contribution in [2.75, 3.05) is 17.4 Å².